The molecule has 11 heavy (non-hydrogen) atoms. The number of aliphatic hydroxyl groups is 1. The molecule has 1 aliphatic heterocycles. The number of ketones is 1. The molecule has 0 bridgehead atoms. The average molecular weight is 157 g/mol. The standard InChI is InChI=1S/C7H11NO3/c1-4(9)6-5(10)2-3-8-7(6)11/h5-6,10H,2-3H2,1H3,(H,8,11). The second-order valence-corrected chi connectivity index (χ2v) is 2.74. The van der Waals surface area contributed by atoms with Gasteiger partial charge in [-0.05, 0) is 13.3 Å². The molecule has 2 N–H and O–H groups in total. The molecule has 0 aromatic rings. The highest BCUT2D eigenvalue weighted by Crippen LogP contribution is 2.12. The van der Waals surface area contributed by atoms with E-state index in [0.29, 0.717) is 13.0 Å². The van der Waals surface area contributed by atoms with E-state index in [1.807, 2.05) is 0 Å². The van der Waals surface area contributed by atoms with Gasteiger partial charge in [-0.25, -0.2) is 0 Å². The zero-order chi connectivity index (χ0) is 8.43. The highest BCUT2D eigenvalue weighted by Gasteiger charge is 2.33. The third-order valence-electron chi connectivity index (χ3n) is 1.84. The molecule has 1 aliphatic rings. The molecule has 4 heteroatoms. The van der Waals surface area contributed by atoms with E-state index in [2.05, 4.69) is 5.32 Å². The van der Waals surface area contributed by atoms with Crippen molar-refractivity contribution in [1.29, 1.82) is 0 Å². The summed E-state index contributed by atoms with van der Waals surface area (Å²) >= 11 is 0. The van der Waals surface area contributed by atoms with Gasteiger partial charge in [-0.15, -0.1) is 0 Å². The number of Topliss-reactive ketones (excluding diaryl/α,β-unsaturated/α-hetero) is 1. The lowest BCUT2D eigenvalue weighted by atomic mass is 9.92. The maximum atomic E-state index is 11.0. The Morgan fingerprint density at radius 1 is 1.73 bits per heavy atom. The lowest BCUT2D eigenvalue weighted by Crippen LogP contribution is -2.47. The van der Waals surface area contributed by atoms with Crippen LogP contribution in [0.15, 0.2) is 0 Å². The fourth-order valence-electron chi connectivity index (χ4n) is 1.25. The van der Waals surface area contributed by atoms with Crippen LogP contribution in [-0.4, -0.2) is 29.4 Å². The third kappa shape index (κ3) is 1.57. The SMILES string of the molecule is CC(=O)C1C(=O)NCCC1O. The van der Waals surface area contributed by atoms with Crippen LogP contribution in [0.1, 0.15) is 13.3 Å². The first-order chi connectivity index (χ1) is 5.13. The van der Waals surface area contributed by atoms with Gasteiger partial charge >= 0.3 is 0 Å². The monoisotopic (exact) mass is 157 g/mol. The van der Waals surface area contributed by atoms with Crippen LogP contribution in [0.2, 0.25) is 0 Å². The summed E-state index contributed by atoms with van der Waals surface area (Å²) in [6, 6.07) is 0. The fourth-order valence-corrected chi connectivity index (χ4v) is 1.25. The molecule has 0 aromatic carbocycles. The second-order valence-electron chi connectivity index (χ2n) is 2.74. The molecule has 0 aliphatic carbocycles. The van der Waals surface area contributed by atoms with Gasteiger partial charge in [0, 0.05) is 6.54 Å². The van der Waals surface area contributed by atoms with Crippen molar-refractivity contribution in [1.82, 2.24) is 5.32 Å². The summed E-state index contributed by atoms with van der Waals surface area (Å²) in [7, 11) is 0. The second kappa shape index (κ2) is 3.00. The lowest BCUT2D eigenvalue weighted by molar-refractivity contribution is -0.140. The highest BCUT2D eigenvalue weighted by molar-refractivity contribution is 6.01. The summed E-state index contributed by atoms with van der Waals surface area (Å²) in [5.74, 6) is -1.46. The molecule has 1 saturated heterocycles. The molecule has 1 heterocycles. The molecular weight excluding hydrogens is 146 g/mol. The van der Waals surface area contributed by atoms with E-state index >= 15 is 0 Å². The molecule has 1 rings (SSSR count). The van der Waals surface area contributed by atoms with Crippen LogP contribution in [0.4, 0.5) is 0 Å². The van der Waals surface area contributed by atoms with Crippen molar-refractivity contribution in [2.75, 3.05) is 6.54 Å². The summed E-state index contributed by atoms with van der Waals surface area (Å²) in [6.45, 7) is 1.78. The zero-order valence-corrected chi connectivity index (χ0v) is 6.33. The molecule has 0 spiro atoms. The summed E-state index contributed by atoms with van der Waals surface area (Å²) in [4.78, 5) is 21.8. The summed E-state index contributed by atoms with van der Waals surface area (Å²) in [5, 5.41) is 11.8. The number of hydrogen-bond donors (Lipinski definition) is 2. The third-order valence-corrected chi connectivity index (χ3v) is 1.84. The normalized spacial score (nSPS) is 31.3. The Hall–Kier alpha value is -0.900. The quantitative estimate of drug-likeness (QED) is 0.483. The maximum absolute atomic E-state index is 11.0. The Bertz CT molecular complexity index is 190. The Morgan fingerprint density at radius 2 is 2.36 bits per heavy atom. The Kier molecular flexibility index (Phi) is 2.24. The first-order valence-electron chi connectivity index (χ1n) is 3.59. The van der Waals surface area contributed by atoms with Gasteiger partial charge in [-0.3, -0.25) is 9.59 Å². The molecule has 4 nitrogen and oxygen atoms in total. The number of rotatable bonds is 1. The molecule has 0 aromatic heterocycles. The van der Waals surface area contributed by atoms with Gasteiger partial charge in [0.25, 0.3) is 0 Å². The molecule has 0 saturated carbocycles. The molecule has 2 unspecified atom stereocenters. The molecule has 1 fully saturated rings. The van der Waals surface area contributed by atoms with Crippen molar-refractivity contribution >= 4 is 11.7 Å². The first-order valence-corrected chi connectivity index (χ1v) is 3.59. The van der Waals surface area contributed by atoms with Gasteiger partial charge in [0.2, 0.25) is 5.91 Å². The number of carbonyl (C=O) groups is 2. The summed E-state index contributed by atoms with van der Waals surface area (Å²) < 4.78 is 0. The van der Waals surface area contributed by atoms with Gasteiger partial charge < -0.3 is 10.4 Å². The maximum Gasteiger partial charge on any atom is 0.233 e. The van der Waals surface area contributed by atoms with Crippen LogP contribution in [0, 0.1) is 5.92 Å². The van der Waals surface area contributed by atoms with Gasteiger partial charge in [0.1, 0.15) is 11.7 Å². The van der Waals surface area contributed by atoms with Gasteiger partial charge in [0.05, 0.1) is 6.10 Å². The van der Waals surface area contributed by atoms with Crippen molar-refractivity contribution in [3.8, 4) is 0 Å². The van der Waals surface area contributed by atoms with Crippen LogP contribution in [-0.2, 0) is 9.59 Å². The van der Waals surface area contributed by atoms with Crippen LogP contribution < -0.4 is 5.32 Å². The van der Waals surface area contributed by atoms with Crippen molar-refractivity contribution in [3.05, 3.63) is 0 Å². The molecule has 1 amide bonds. The van der Waals surface area contributed by atoms with E-state index in [1.165, 1.54) is 6.92 Å². The Balaban J connectivity index is 2.70. The molecule has 0 radical (unpaired) electrons. The number of piperidine rings is 1. The van der Waals surface area contributed by atoms with Gasteiger partial charge in [-0.1, -0.05) is 0 Å². The van der Waals surface area contributed by atoms with E-state index in [-0.39, 0.29) is 11.7 Å². The van der Waals surface area contributed by atoms with E-state index < -0.39 is 12.0 Å². The number of amides is 1. The van der Waals surface area contributed by atoms with Crippen molar-refractivity contribution in [2.45, 2.75) is 19.4 Å². The van der Waals surface area contributed by atoms with E-state index in [1.54, 1.807) is 0 Å². The minimum atomic E-state index is -0.844. The number of aliphatic hydroxyl groups excluding tert-OH is 1. The van der Waals surface area contributed by atoms with Crippen molar-refractivity contribution in [2.24, 2.45) is 5.92 Å². The first kappa shape index (κ1) is 8.20. The van der Waals surface area contributed by atoms with Gasteiger partial charge in [0.15, 0.2) is 0 Å². The molecule has 62 valence electrons. The number of carbonyl (C=O) groups excluding carboxylic acids is 2. The summed E-state index contributed by atoms with van der Waals surface area (Å²) in [5.41, 5.74) is 0. The van der Waals surface area contributed by atoms with E-state index in [4.69, 9.17) is 0 Å². The molecular formula is C7H11NO3. The Labute approximate surface area is 64.6 Å². The zero-order valence-electron chi connectivity index (χ0n) is 6.33. The topological polar surface area (TPSA) is 66.4 Å². The van der Waals surface area contributed by atoms with Crippen LogP contribution in [0.3, 0.4) is 0 Å². The Morgan fingerprint density at radius 3 is 2.73 bits per heavy atom. The van der Waals surface area contributed by atoms with Gasteiger partial charge in [-0.2, -0.15) is 0 Å². The fraction of sp³-hybridized carbons (Fsp3) is 0.714. The lowest BCUT2D eigenvalue weighted by Gasteiger charge is -2.24. The minimum Gasteiger partial charge on any atom is -0.392 e. The summed E-state index contributed by atoms with van der Waals surface area (Å²) in [6.07, 6.45) is -0.322. The van der Waals surface area contributed by atoms with Crippen molar-refractivity contribution < 1.29 is 14.7 Å². The van der Waals surface area contributed by atoms with Crippen LogP contribution in [0.25, 0.3) is 0 Å². The smallest absolute Gasteiger partial charge is 0.233 e. The average Bonchev–Trinajstić information content (AvgIpc) is 1.85. The van der Waals surface area contributed by atoms with E-state index in [9.17, 15) is 14.7 Å². The predicted molar refractivity (Wildman–Crippen MR) is 37.8 cm³/mol. The number of hydrogen-bond acceptors (Lipinski definition) is 3. The number of nitrogens with one attached hydrogen (secondary N) is 1. The van der Waals surface area contributed by atoms with E-state index in [0.717, 1.165) is 0 Å². The highest BCUT2D eigenvalue weighted by atomic mass is 16.3. The molecule has 2 atom stereocenters. The van der Waals surface area contributed by atoms with Crippen molar-refractivity contribution in [3.63, 3.8) is 0 Å². The van der Waals surface area contributed by atoms with Crippen LogP contribution >= 0.6 is 0 Å². The minimum absolute atomic E-state index is 0.269. The van der Waals surface area contributed by atoms with Crippen LogP contribution in [0.5, 0.6) is 0 Å². The largest absolute Gasteiger partial charge is 0.392 e. The predicted octanol–water partition coefficient (Wildman–Crippen LogP) is -0.928.